The molecule has 10 heteroatoms. The van der Waals surface area contributed by atoms with Gasteiger partial charge in [0.1, 0.15) is 0 Å². The Bertz CT molecular complexity index is 714. The van der Waals surface area contributed by atoms with E-state index >= 15 is 0 Å². The highest BCUT2D eigenvalue weighted by atomic mass is 127. The summed E-state index contributed by atoms with van der Waals surface area (Å²) < 4.78 is 37.6. The summed E-state index contributed by atoms with van der Waals surface area (Å²) >= 11 is 0. The molecule has 1 heterocycles. The molecule has 1 saturated heterocycles. The fourth-order valence-electron chi connectivity index (χ4n) is 3.13. The van der Waals surface area contributed by atoms with Crippen LogP contribution in [0.4, 0.5) is 18.9 Å². The standard InChI is InChI=1S/C20H30F3N5O.HI/c1-4-14(2)18(29)26-16-7-5-6-15(10-16)11-25-19(24-3)27-17-8-9-28(12-17)13-20(21,22)23;/h5-7,10,14,17H,4,8-9,11-13H2,1-3H3,(H,26,29)(H2,24,25,27);1H. The van der Waals surface area contributed by atoms with Crippen LogP contribution < -0.4 is 16.0 Å². The molecule has 1 amide bonds. The maximum atomic E-state index is 12.5. The number of halogens is 4. The molecule has 30 heavy (non-hydrogen) atoms. The van der Waals surface area contributed by atoms with E-state index in [0.717, 1.165) is 17.7 Å². The van der Waals surface area contributed by atoms with E-state index in [9.17, 15) is 18.0 Å². The van der Waals surface area contributed by atoms with Gasteiger partial charge >= 0.3 is 6.18 Å². The lowest BCUT2D eigenvalue weighted by Crippen LogP contribution is -2.44. The van der Waals surface area contributed by atoms with Crippen LogP contribution in [-0.2, 0) is 11.3 Å². The van der Waals surface area contributed by atoms with Gasteiger partial charge in [0.05, 0.1) is 6.54 Å². The summed E-state index contributed by atoms with van der Waals surface area (Å²) in [5.41, 5.74) is 1.69. The van der Waals surface area contributed by atoms with Gasteiger partial charge in [0.2, 0.25) is 5.91 Å². The Labute approximate surface area is 193 Å². The third-order valence-corrected chi connectivity index (χ3v) is 4.95. The van der Waals surface area contributed by atoms with Crippen molar-refractivity contribution in [3.05, 3.63) is 29.8 Å². The highest BCUT2D eigenvalue weighted by molar-refractivity contribution is 14.0. The number of carbonyl (C=O) groups is 1. The molecule has 2 atom stereocenters. The predicted molar refractivity (Wildman–Crippen MR) is 124 cm³/mol. The number of hydrogen-bond acceptors (Lipinski definition) is 3. The molecule has 1 aliphatic heterocycles. The monoisotopic (exact) mass is 541 g/mol. The van der Waals surface area contributed by atoms with E-state index in [-0.39, 0.29) is 41.8 Å². The van der Waals surface area contributed by atoms with Gasteiger partial charge < -0.3 is 16.0 Å². The molecule has 0 aliphatic carbocycles. The zero-order valence-corrected chi connectivity index (χ0v) is 19.9. The first-order chi connectivity index (χ1) is 13.7. The summed E-state index contributed by atoms with van der Waals surface area (Å²) in [6.45, 7) is 4.19. The lowest BCUT2D eigenvalue weighted by Gasteiger charge is -2.20. The van der Waals surface area contributed by atoms with Gasteiger partial charge in [0.25, 0.3) is 0 Å². The van der Waals surface area contributed by atoms with Crippen LogP contribution in [0.2, 0.25) is 0 Å². The van der Waals surface area contributed by atoms with Crippen molar-refractivity contribution in [2.24, 2.45) is 10.9 Å². The van der Waals surface area contributed by atoms with Crippen molar-refractivity contribution < 1.29 is 18.0 Å². The molecule has 2 unspecified atom stereocenters. The lowest BCUT2D eigenvalue weighted by atomic mass is 10.1. The molecule has 170 valence electrons. The topological polar surface area (TPSA) is 68.8 Å². The molecule has 1 aromatic rings. The molecule has 3 N–H and O–H groups in total. The van der Waals surface area contributed by atoms with Crippen molar-refractivity contribution in [3.8, 4) is 0 Å². The number of likely N-dealkylation sites (tertiary alicyclic amines) is 1. The SMILES string of the molecule is CCC(C)C(=O)Nc1cccc(CNC(=NC)NC2CCN(CC(F)(F)F)C2)c1.I. The predicted octanol–water partition coefficient (Wildman–Crippen LogP) is 3.59. The number of hydrogen-bond donors (Lipinski definition) is 3. The second-order valence-electron chi connectivity index (χ2n) is 7.40. The number of rotatable bonds is 7. The average Bonchev–Trinajstić information content (AvgIpc) is 3.09. The van der Waals surface area contributed by atoms with Gasteiger partial charge in [-0.25, -0.2) is 0 Å². The first kappa shape index (κ1) is 26.5. The number of nitrogens with zero attached hydrogens (tertiary/aromatic N) is 2. The largest absolute Gasteiger partial charge is 0.401 e. The smallest absolute Gasteiger partial charge is 0.352 e. The van der Waals surface area contributed by atoms with Crippen molar-refractivity contribution in [1.29, 1.82) is 0 Å². The number of carbonyl (C=O) groups excluding carboxylic acids is 1. The fourth-order valence-corrected chi connectivity index (χ4v) is 3.13. The van der Waals surface area contributed by atoms with Crippen LogP contribution in [0.1, 0.15) is 32.3 Å². The van der Waals surface area contributed by atoms with Crippen molar-refractivity contribution in [2.75, 3.05) is 32.0 Å². The average molecular weight is 541 g/mol. The van der Waals surface area contributed by atoms with Crippen LogP contribution in [0, 0.1) is 5.92 Å². The van der Waals surface area contributed by atoms with E-state index in [2.05, 4.69) is 20.9 Å². The first-order valence-electron chi connectivity index (χ1n) is 9.86. The third kappa shape index (κ3) is 9.07. The molecule has 6 nitrogen and oxygen atoms in total. The van der Waals surface area contributed by atoms with E-state index in [4.69, 9.17) is 0 Å². The van der Waals surface area contributed by atoms with Gasteiger partial charge in [0, 0.05) is 44.3 Å². The van der Waals surface area contributed by atoms with Crippen molar-refractivity contribution in [1.82, 2.24) is 15.5 Å². The van der Waals surface area contributed by atoms with Crippen LogP contribution in [0.3, 0.4) is 0 Å². The van der Waals surface area contributed by atoms with Gasteiger partial charge in [-0.1, -0.05) is 26.0 Å². The Kier molecular flexibility index (Phi) is 10.9. The summed E-state index contributed by atoms with van der Waals surface area (Å²) in [5.74, 6) is 0.473. The summed E-state index contributed by atoms with van der Waals surface area (Å²) in [6.07, 6.45) is -2.77. The molecule has 0 saturated carbocycles. The summed E-state index contributed by atoms with van der Waals surface area (Å²) in [4.78, 5) is 17.6. The molecule has 0 radical (unpaired) electrons. The minimum Gasteiger partial charge on any atom is -0.352 e. The molecule has 0 bridgehead atoms. The number of alkyl halides is 3. The number of nitrogens with one attached hydrogen (secondary N) is 3. The maximum absolute atomic E-state index is 12.5. The van der Waals surface area contributed by atoms with Crippen LogP contribution in [-0.4, -0.2) is 55.7 Å². The van der Waals surface area contributed by atoms with Gasteiger partial charge in [0.15, 0.2) is 5.96 Å². The Morgan fingerprint density at radius 3 is 2.73 bits per heavy atom. The van der Waals surface area contributed by atoms with E-state index in [1.165, 1.54) is 4.90 Å². The van der Waals surface area contributed by atoms with Crippen LogP contribution in [0.25, 0.3) is 0 Å². The Morgan fingerprint density at radius 1 is 1.37 bits per heavy atom. The van der Waals surface area contributed by atoms with Crippen LogP contribution in [0.5, 0.6) is 0 Å². The van der Waals surface area contributed by atoms with Crippen molar-refractivity contribution in [2.45, 2.75) is 45.5 Å². The second-order valence-corrected chi connectivity index (χ2v) is 7.40. The van der Waals surface area contributed by atoms with E-state index in [1.807, 2.05) is 38.1 Å². The molecule has 1 fully saturated rings. The number of aliphatic imine (C=N–C) groups is 1. The second kappa shape index (κ2) is 12.3. The maximum Gasteiger partial charge on any atom is 0.401 e. The Balaban J connectivity index is 0.00000450. The van der Waals surface area contributed by atoms with Crippen molar-refractivity contribution >= 4 is 41.5 Å². The Morgan fingerprint density at radius 2 is 2.10 bits per heavy atom. The van der Waals surface area contributed by atoms with E-state index < -0.39 is 12.7 Å². The normalized spacial score (nSPS) is 18.5. The zero-order chi connectivity index (χ0) is 21.4. The van der Waals surface area contributed by atoms with E-state index in [1.54, 1.807) is 7.05 Å². The van der Waals surface area contributed by atoms with Crippen LogP contribution in [0.15, 0.2) is 29.3 Å². The molecule has 0 spiro atoms. The quantitative estimate of drug-likeness (QED) is 0.281. The fraction of sp³-hybridized carbons (Fsp3) is 0.600. The van der Waals surface area contributed by atoms with Crippen LogP contribution >= 0.6 is 24.0 Å². The molecule has 1 aliphatic rings. The van der Waals surface area contributed by atoms with Gasteiger partial charge in [-0.3, -0.25) is 14.7 Å². The number of benzene rings is 1. The summed E-state index contributed by atoms with van der Waals surface area (Å²) in [7, 11) is 1.63. The highest BCUT2D eigenvalue weighted by Gasteiger charge is 2.34. The Hall–Kier alpha value is -1.56. The minimum absolute atomic E-state index is 0. The molecular formula is C20H31F3IN5O. The highest BCUT2D eigenvalue weighted by Crippen LogP contribution is 2.20. The van der Waals surface area contributed by atoms with Crippen molar-refractivity contribution in [3.63, 3.8) is 0 Å². The lowest BCUT2D eigenvalue weighted by molar-refractivity contribution is -0.143. The first-order valence-corrected chi connectivity index (χ1v) is 9.86. The van der Waals surface area contributed by atoms with Gasteiger partial charge in [-0.15, -0.1) is 24.0 Å². The number of guanidine groups is 1. The third-order valence-electron chi connectivity index (χ3n) is 4.95. The molecule has 2 rings (SSSR count). The van der Waals surface area contributed by atoms with Gasteiger partial charge in [-0.2, -0.15) is 13.2 Å². The number of anilines is 1. The molecule has 1 aromatic carbocycles. The van der Waals surface area contributed by atoms with E-state index in [0.29, 0.717) is 32.0 Å². The summed E-state index contributed by atoms with van der Waals surface area (Å²) in [6, 6.07) is 7.45. The zero-order valence-electron chi connectivity index (χ0n) is 17.6. The minimum atomic E-state index is -4.18. The number of amides is 1. The van der Waals surface area contributed by atoms with Gasteiger partial charge in [-0.05, 0) is 30.5 Å². The molecule has 0 aromatic heterocycles. The summed E-state index contributed by atoms with van der Waals surface area (Å²) in [5, 5.41) is 9.26. The molecular weight excluding hydrogens is 510 g/mol.